The molecule has 1 nitrogen and oxygen atoms in total. The van der Waals surface area contributed by atoms with Crippen molar-refractivity contribution < 1.29 is 0 Å². The lowest BCUT2D eigenvalue weighted by atomic mass is 10.2. The minimum atomic E-state index is -1.19. The first kappa shape index (κ1) is 15.0. The molecular formula is C15H31NSi. The molecule has 17 heavy (non-hydrogen) atoms. The molecule has 0 aromatic carbocycles. The molecule has 0 radical (unpaired) electrons. The third-order valence-corrected chi connectivity index (χ3v) is 9.10. The lowest BCUT2D eigenvalue weighted by molar-refractivity contribution is 0.325. The topological polar surface area (TPSA) is 3.24 Å². The Morgan fingerprint density at radius 2 is 1.53 bits per heavy atom. The molecule has 0 amide bonds. The van der Waals surface area contributed by atoms with E-state index in [-0.39, 0.29) is 0 Å². The van der Waals surface area contributed by atoms with Crippen LogP contribution in [0.3, 0.4) is 0 Å². The van der Waals surface area contributed by atoms with Crippen LogP contribution in [0, 0.1) is 0 Å². The zero-order chi connectivity index (χ0) is 12.6. The summed E-state index contributed by atoms with van der Waals surface area (Å²) in [6.45, 7) is 11.6. The average molecular weight is 254 g/mol. The van der Waals surface area contributed by atoms with Crippen LogP contribution in [0.2, 0.25) is 12.1 Å². The van der Waals surface area contributed by atoms with Crippen LogP contribution in [0.5, 0.6) is 0 Å². The van der Waals surface area contributed by atoms with Gasteiger partial charge in [-0.15, -0.1) is 12.3 Å². The van der Waals surface area contributed by atoms with Gasteiger partial charge in [0.1, 0.15) is 0 Å². The Balaban J connectivity index is 2.58. The zero-order valence-electron chi connectivity index (χ0n) is 12.0. The summed E-state index contributed by atoms with van der Waals surface area (Å²) in [5.41, 5.74) is 2.39. The minimum absolute atomic E-state index is 1.19. The van der Waals surface area contributed by atoms with E-state index in [4.69, 9.17) is 0 Å². The molecule has 0 aliphatic carbocycles. The highest BCUT2D eigenvalue weighted by atomic mass is 28.3. The molecule has 0 aromatic rings. The van der Waals surface area contributed by atoms with Crippen LogP contribution in [0.25, 0.3) is 0 Å². The molecule has 1 saturated heterocycles. The predicted molar refractivity (Wildman–Crippen MR) is 81.1 cm³/mol. The van der Waals surface area contributed by atoms with Gasteiger partial charge in [0.05, 0.1) is 8.07 Å². The number of rotatable bonds is 7. The molecule has 1 aliphatic heterocycles. The van der Waals surface area contributed by atoms with E-state index in [9.17, 15) is 0 Å². The first-order chi connectivity index (χ1) is 8.26. The van der Waals surface area contributed by atoms with E-state index in [2.05, 4.69) is 31.0 Å². The summed E-state index contributed by atoms with van der Waals surface area (Å²) in [5, 5.41) is 0. The van der Waals surface area contributed by atoms with Gasteiger partial charge in [-0.3, -0.25) is 0 Å². The highest BCUT2D eigenvalue weighted by Crippen LogP contribution is 2.23. The number of nitrogens with zero attached hydrogens (tertiary/aromatic N) is 1. The van der Waals surface area contributed by atoms with Crippen molar-refractivity contribution in [2.24, 2.45) is 0 Å². The zero-order valence-corrected chi connectivity index (χ0v) is 13.0. The van der Waals surface area contributed by atoms with E-state index in [1.54, 1.807) is 0 Å². The molecule has 0 unspecified atom stereocenters. The van der Waals surface area contributed by atoms with Crippen molar-refractivity contribution in [3.05, 3.63) is 12.3 Å². The Kier molecular flexibility index (Phi) is 7.13. The summed E-state index contributed by atoms with van der Waals surface area (Å²) in [5.74, 6) is 0. The van der Waals surface area contributed by atoms with Crippen molar-refractivity contribution in [1.29, 1.82) is 0 Å². The molecule has 0 atom stereocenters. The predicted octanol–water partition coefficient (Wildman–Crippen LogP) is 4.40. The monoisotopic (exact) mass is 253 g/mol. The van der Waals surface area contributed by atoms with Crippen LogP contribution in [-0.2, 0) is 0 Å². The first-order valence-corrected chi connectivity index (χ1v) is 10.3. The van der Waals surface area contributed by atoms with E-state index in [0.717, 1.165) is 0 Å². The third-order valence-electron chi connectivity index (χ3n) is 4.17. The Bertz CT molecular complexity index is 201. The van der Waals surface area contributed by atoms with E-state index in [1.807, 2.05) is 0 Å². The molecule has 0 bridgehead atoms. The van der Waals surface area contributed by atoms with Crippen molar-refractivity contribution in [1.82, 2.24) is 4.90 Å². The molecule has 2 heteroatoms. The normalized spacial score (nSPS) is 18.9. The summed E-state index contributed by atoms with van der Waals surface area (Å²) in [4.78, 5) is 2.76. The van der Waals surface area contributed by atoms with Gasteiger partial charge in [0.2, 0.25) is 0 Å². The second-order valence-corrected chi connectivity index (χ2v) is 10.2. The SMILES string of the molecule is C=C[Si](CCC)(CCC)CN1CCCCCC1. The van der Waals surface area contributed by atoms with Gasteiger partial charge in [-0.2, -0.15) is 0 Å². The maximum Gasteiger partial charge on any atom is 0.0915 e. The summed E-state index contributed by atoms with van der Waals surface area (Å²) in [7, 11) is -1.19. The van der Waals surface area contributed by atoms with Gasteiger partial charge in [-0.1, -0.05) is 51.6 Å². The lowest BCUT2D eigenvalue weighted by Gasteiger charge is -2.34. The Hall–Kier alpha value is -0.0831. The quantitative estimate of drug-likeness (QED) is 0.608. The van der Waals surface area contributed by atoms with Crippen molar-refractivity contribution in [2.75, 3.05) is 19.3 Å². The van der Waals surface area contributed by atoms with Crippen LogP contribution >= 0.6 is 0 Å². The highest BCUT2D eigenvalue weighted by molar-refractivity contribution is 6.84. The number of likely N-dealkylation sites (tertiary alicyclic amines) is 1. The molecule has 0 spiro atoms. The van der Waals surface area contributed by atoms with Gasteiger partial charge in [-0.05, 0) is 32.1 Å². The van der Waals surface area contributed by atoms with Gasteiger partial charge in [0.25, 0.3) is 0 Å². The summed E-state index contributed by atoms with van der Waals surface area (Å²) >= 11 is 0. The van der Waals surface area contributed by atoms with Crippen molar-refractivity contribution >= 4 is 8.07 Å². The molecule has 0 N–H and O–H groups in total. The van der Waals surface area contributed by atoms with E-state index < -0.39 is 8.07 Å². The lowest BCUT2D eigenvalue weighted by Crippen LogP contribution is -2.46. The van der Waals surface area contributed by atoms with Gasteiger partial charge in [0, 0.05) is 0 Å². The summed E-state index contributed by atoms with van der Waals surface area (Å²) < 4.78 is 0. The first-order valence-electron chi connectivity index (χ1n) is 7.62. The summed E-state index contributed by atoms with van der Waals surface area (Å²) in [6, 6.07) is 2.89. The fourth-order valence-corrected chi connectivity index (χ4v) is 7.59. The van der Waals surface area contributed by atoms with Crippen molar-refractivity contribution in [3.8, 4) is 0 Å². The molecule has 100 valence electrons. The van der Waals surface area contributed by atoms with Crippen molar-refractivity contribution in [3.63, 3.8) is 0 Å². The Morgan fingerprint density at radius 1 is 1.00 bits per heavy atom. The smallest absolute Gasteiger partial charge is 0.0915 e. The van der Waals surface area contributed by atoms with E-state index in [1.165, 1.54) is 69.9 Å². The minimum Gasteiger partial charge on any atom is -0.306 e. The molecule has 0 aromatic heterocycles. The van der Waals surface area contributed by atoms with Gasteiger partial charge >= 0.3 is 0 Å². The standard InChI is InChI=1S/C15H31NSi/c1-4-13-17(6-3,14-5-2)15-16-11-9-7-8-10-12-16/h6H,3-5,7-15H2,1-2H3. The number of hydrogen-bond donors (Lipinski definition) is 0. The molecule has 1 heterocycles. The van der Waals surface area contributed by atoms with Crippen LogP contribution in [0.1, 0.15) is 52.4 Å². The third kappa shape index (κ3) is 4.97. The van der Waals surface area contributed by atoms with E-state index >= 15 is 0 Å². The fourth-order valence-electron chi connectivity index (χ4n) is 3.29. The maximum absolute atomic E-state index is 4.19. The molecule has 0 saturated carbocycles. The van der Waals surface area contributed by atoms with E-state index in [0.29, 0.717) is 0 Å². The largest absolute Gasteiger partial charge is 0.306 e. The van der Waals surface area contributed by atoms with Crippen molar-refractivity contribution in [2.45, 2.75) is 64.5 Å². The Labute approximate surface area is 109 Å². The summed E-state index contributed by atoms with van der Waals surface area (Å²) in [6.07, 6.45) is 9.79. The van der Waals surface area contributed by atoms with Gasteiger partial charge in [-0.25, -0.2) is 0 Å². The molecule has 1 aliphatic rings. The van der Waals surface area contributed by atoms with Crippen LogP contribution < -0.4 is 0 Å². The second kappa shape index (κ2) is 8.10. The molecular weight excluding hydrogens is 222 g/mol. The van der Waals surface area contributed by atoms with Crippen LogP contribution in [0.4, 0.5) is 0 Å². The van der Waals surface area contributed by atoms with Gasteiger partial charge in [0.15, 0.2) is 0 Å². The van der Waals surface area contributed by atoms with Gasteiger partial charge < -0.3 is 4.90 Å². The Morgan fingerprint density at radius 3 is 1.94 bits per heavy atom. The number of hydrogen-bond acceptors (Lipinski definition) is 1. The highest BCUT2D eigenvalue weighted by Gasteiger charge is 2.30. The average Bonchev–Trinajstić information content (AvgIpc) is 2.58. The second-order valence-electron chi connectivity index (χ2n) is 5.76. The van der Waals surface area contributed by atoms with Crippen LogP contribution in [-0.4, -0.2) is 32.2 Å². The molecule has 1 fully saturated rings. The maximum atomic E-state index is 4.19. The molecule has 1 rings (SSSR count). The fraction of sp³-hybridized carbons (Fsp3) is 0.867. The van der Waals surface area contributed by atoms with Crippen LogP contribution in [0.15, 0.2) is 12.3 Å².